The van der Waals surface area contributed by atoms with E-state index in [1.54, 1.807) is 5.38 Å². The number of aromatic nitrogens is 1. The van der Waals surface area contributed by atoms with Gasteiger partial charge in [-0.2, -0.15) is 0 Å². The smallest absolute Gasteiger partial charge is 0.426 e. The van der Waals surface area contributed by atoms with Crippen LogP contribution in [0.1, 0.15) is 113 Å². The van der Waals surface area contributed by atoms with Crippen LogP contribution >= 0.6 is 11.3 Å². The van der Waals surface area contributed by atoms with E-state index >= 15 is 0 Å². The summed E-state index contributed by atoms with van der Waals surface area (Å²) in [4.78, 5) is 58.1. The minimum atomic E-state index is -0.810. The Bertz CT molecular complexity index is 1300. The normalized spacial score (nSPS) is 12.9. The number of carbonyl (C=O) groups excluding carboxylic acids is 4. The predicted octanol–water partition coefficient (Wildman–Crippen LogP) is 5.31. The minimum absolute atomic E-state index is 0.0189. The molecule has 1 aromatic heterocycles. The fraction of sp³-hybridized carbons (Fsp3) is 0.649. The third-order valence-corrected chi connectivity index (χ3v) is 9.05. The summed E-state index contributed by atoms with van der Waals surface area (Å²) in [5, 5.41) is 5.49. The highest BCUT2D eigenvalue weighted by molar-refractivity contribution is 7.09. The number of thiazole rings is 1. The van der Waals surface area contributed by atoms with Crippen molar-refractivity contribution in [3.05, 3.63) is 52.0 Å². The Morgan fingerprint density at radius 1 is 0.941 bits per heavy atom. The molecule has 3 unspecified atom stereocenters. The SMILES string of the molecule is CCCCC(=O)N(CCC)C(CC(OCCC)c1nc(C(=O)NC(CCC(=O)NNC(=O)OCCOCCN)Cc2ccccc2)cs1)C(C)C. The van der Waals surface area contributed by atoms with E-state index in [0.29, 0.717) is 57.0 Å². The van der Waals surface area contributed by atoms with E-state index in [1.807, 2.05) is 42.2 Å². The zero-order valence-corrected chi connectivity index (χ0v) is 31.9. The Kier molecular flexibility index (Phi) is 21.7. The van der Waals surface area contributed by atoms with Gasteiger partial charge in [-0.1, -0.05) is 71.4 Å². The van der Waals surface area contributed by atoms with Crippen molar-refractivity contribution in [2.45, 2.75) is 111 Å². The number of unbranched alkanes of at least 4 members (excludes halogenated alkanes) is 1. The number of carbonyl (C=O) groups is 4. The molecule has 0 aliphatic heterocycles. The van der Waals surface area contributed by atoms with Crippen molar-refractivity contribution in [3.8, 4) is 0 Å². The second kappa shape index (κ2) is 25.4. The van der Waals surface area contributed by atoms with Gasteiger partial charge in [-0.05, 0) is 43.6 Å². The third kappa shape index (κ3) is 17.0. The Labute approximate surface area is 307 Å². The molecule has 14 heteroatoms. The van der Waals surface area contributed by atoms with Gasteiger partial charge in [0.25, 0.3) is 5.91 Å². The fourth-order valence-corrected chi connectivity index (χ4v) is 6.35. The first-order chi connectivity index (χ1) is 24.6. The molecule has 5 N–H and O–H groups in total. The lowest BCUT2D eigenvalue weighted by Gasteiger charge is -2.36. The highest BCUT2D eigenvalue weighted by atomic mass is 32.1. The molecule has 286 valence electrons. The summed E-state index contributed by atoms with van der Waals surface area (Å²) in [6.45, 7) is 12.7. The Balaban J connectivity index is 2.13. The lowest BCUT2D eigenvalue weighted by Crippen LogP contribution is -2.44. The zero-order chi connectivity index (χ0) is 37.4. The molecule has 1 heterocycles. The van der Waals surface area contributed by atoms with E-state index in [9.17, 15) is 19.2 Å². The number of nitrogens with zero attached hydrogens (tertiary/aromatic N) is 2. The summed E-state index contributed by atoms with van der Waals surface area (Å²) >= 11 is 1.38. The van der Waals surface area contributed by atoms with Gasteiger partial charge in [0, 0.05) is 56.4 Å². The zero-order valence-electron chi connectivity index (χ0n) is 31.1. The molecule has 0 aliphatic carbocycles. The number of hydrogen-bond acceptors (Lipinski definition) is 10. The molecule has 0 fully saturated rings. The highest BCUT2D eigenvalue weighted by Gasteiger charge is 2.31. The molecule has 3 atom stereocenters. The van der Waals surface area contributed by atoms with Crippen molar-refractivity contribution in [2.75, 3.05) is 39.5 Å². The maximum atomic E-state index is 13.6. The van der Waals surface area contributed by atoms with Crippen LogP contribution in [0.5, 0.6) is 0 Å². The summed E-state index contributed by atoms with van der Waals surface area (Å²) in [6.07, 6.45) is 4.28. The van der Waals surface area contributed by atoms with E-state index in [4.69, 9.17) is 24.9 Å². The van der Waals surface area contributed by atoms with Gasteiger partial charge >= 0.3 is 6.09 Å². The molecule has 0 spiro atoms. The van der Waals surface area contributed by atoms with Crippen LogP contribution in [0.25, 0.3) is 0 Å². The van der Waals surface area contributed by atoms with E-state index in [2.05, 4.69) is 43.9 Å². The summed E-state index contributed by atoms with van der Waals surface area (Å²) < 4.78 is 16.4. The second-order valence-corrected chi connectivity index (χ2v) is 13.7. The molecule has 0 bridgehead atoms. The van der Waals surface area contributed by atoms with Crippen LogP contribution in [0.4, 0.5) is 4.79 Å². The van der Waals surface area contributed by atoms with Crippen LogP contribution in [-0.4, -0.2) is 85.3 Å². The number of rotatable bonds is 25. The minimum Gasteiger partial charge on any atom is -0.446 e. The van der Waals surface area contributed by atoms with Crippen molar-refractivity contribution < 1.29 is 33.4 Å². The van der Waals surface area contributed by atoms with E-state index < -0.39 is 18.0 Å². The van der Waals surface area contributed by atoms with Gasteiger partial charge in [-0.3, -0.25) is 19.8 Å². The molecular formula is C37H60N6O7S. The lowest BCUT2D eigenvalue weighted by molar-refractivity contribution is -0.135. The van der Waals surface area contributed by atoms with E-state index in [0.717, 1.165) is 31.2 Å². The standard InChI is InChI=1S/C37H60N6O7S/c1-6-9-15-34(45)43(19-7-2)31(27(4)5)25-32(49-20-8-3)36-40-30(26-51-36)35(46)39-29(24-28-13-11-10-12-14-28)16-17-33(44)41-42-37(47)50-23-22-48-21-18-38/h10-14,26-27,29,31-32H,6-9,15-25,38H2,1-5H3,(H,39,46)(H,41,44)(H,42,47). The molecule has 51 heavy (non-hydrogen) atoms. The van der Waals surface area contributed by atoms with Crippen LogP contribution in [0.3, 0.4) is 0 Å². The Morgan fingerprint density at radius 3 is 2.37 bits per heavy atom. The molecule has 2 aromatic rings. The molecule has 0 saturated carbocycles. The number of hydrazine groups is 1. The fourth-order valence-electron chi connectivity index (χ4n) is 5.49. The summed E-state index contributed by atoms with van der Waals surface area (Å²) in [5.41, 5.74) is 11.2. The van der Waals surface area contributed by atoms with Gasteiger partial charge in [0.2, 0.25) is 11.8 Å². The molecule has 0 saturated heterocycles. The Hall–Kier alpha value is -3.59. The number of nitrogens with one attached hydrogen (secondary N) is 3. The van der Waals surface area contributed by atoms with Gasteiger partial charge in [-0.15, -0.1) is 11.3 Å². The highest BCUT2D eigenvalue weighted by Crippen LogP contribution is 2.31. The molecular weight excluding hydrogens is 673 g/mol. The van der Waals surface area contributed by atoms with E-state index in [1.165, 1.54) is 11.3 Å². The third-order valence-electron chi connectivity index (χ3n) is 8.11. The van der Waals surface area contributed by atoms with Gasteiger partial charge < -0.3 is 30.2 Å². The number of ether oxygens (including phenoxy) is 3. The average Bonchev–Trinajstić information content (AvgIpc) is 3.62. The molecule has 2 rings (SSSR count). The number of hydrogen-bond donors (Lipinski definition) is 4. The van der Waals surface area contributed by atoms with Gasteiger partial charge in [0.15, 0.2) is 0 Å². The first kappa shape index (κ1) is 43.6. The molecule has 0 radical (unpaired) electrons. The largest absolute Gasteiger partial charge is 0.446 e. The quantitative estimate of drug-likeness (QED) is 0.0780. The van der Waals surface area contributed by atoms with Crippen molar-refractivity contribution in [3.63, 3.8) is 0 Å². The maximum absolute atomic E-state index is 13.6. The number of nitrogens with two attached hydrogens (primary N) is 1. The van der Waals surface area contributed by atoms with Crippen molar-refractivity contribution >= 4 is 35.2 Å². The van der Waals surface area contributed by atoms with Gasteiger partial charge in [-0.25, -0.2) is 15.2 Å². The molecule has 4 amide bonds. The van der Waals surface area contributed by atoms with Gasteiger partial charge in [0.1, 0.15) is 23.4 Å². The molecule has 1 aromatic carbocycles. The van der Waals surface area contributed by atoms with Crippen LogP contribution in [0, 0.1) is 5.92 Å². The first-order valence-electron chi connectivity index (χ1n) is 18.3. The van der Waals surface area contributed by atoms with Crippen LogP contribution in [0.2, 0.25) is 0 Å². The van der Waals surface area contributed by atoms with Crippen LogP contribution in [-0.2, 0) is 30.2 Å². The number of benzene rings is 1. The number of amides is 4. The van der Waals surface area contributed by atoms with Gasteiger partial charge in [0.05, 0.1) is 13.2 Å². The van der Waals surface area contributed by atoms with E-state index in [-0.39, 0.29) is 55.2 Å². The topological polar surface area (TPSA) is 174 Å². The summed E-state index contributed by atoms with van der Waals surface area (Å²) in [6, 6.07) is 9.26. The second-order valence-electron chi connectivity index (χ2n) is 12.8. The molecule has 0 aliphatic rings. The first-order valence-corrected chi connectivity index (χ1v) is 19.2. The van der Waals surface area contributed by atoms with Crippen LogP contribution in [0.15, 0.2) is 35.7 Å². The molecule has 13 nitrogen and oxygen atoms in total. The average molecular weight is 733 g/mol. The van der Waals surface area contributed by atoms with Crippen LogP contribution < -0.4 is 21.9 Å². The Morgan fingerprint density at radius 2 is 1.71 bits per heavy atom. The van der Waals surface area contributed by atoms with Crippen molar-refractivity contribution in [1.29, 1.82) is 0 Å². The lowest BCUT2D eigenvalue weighted by atomic mass is 9.95. The van der Waals surface area contributed by atoms with Crippen molar-refractivity contribution in [2.24, 2.45) is 11.7 Å². The monoisotopic (exact) mass is 732 g/mol. The maximum Gasteiger partial charge on any atom is 0.426 e. The predicted molar refractivity (Wildman–Crippen MR) is 199 cm³/mol. The van der Waals surface area contributed by atoms with Crippen molar-refractivity contribution in [1.82, 2.24) is 26.1 Å². The summed E-state index contributed by atoms with van der Waals surface area (Å²) in [5.74, 6) is -0.413. The summed E-state index contributed by atoms with van der Waals surface area (Å²) in [7, 11) is 0.